The lowest BCUT2D eigenvalue weighted by Crippen LogP contribution is -2.38. The Morgan fingerprint density at radius 3 is 2.68 bits per heavy atom. The van der Waals surface area contributed by atoms with Crippen molar-refractivity contribution in [3.63, 3.8) is 0 Å². The first-order valence-electron chi connectivity index (χ1n) is 5.40. The molecule has 1 N–H and O–H groups in total. The third-order valence-corrected chi connectivity index (χ3v) is 2.61. The topological polar surface area (TPSA) is 56.1 Å². The molecule has 5 nitrogen and oxygen atoms in total. The molecular weight excluding hydrogens is 287 g/mol. The standard InChI is InChI=1S/C10H13ClF3N3O2/c1-3-19-9(18)7(16-5-10(12,13)14)8-15-4-6(11)17(8)2/h4,7,16H,3,5H2,1-2H3. The second-order valence-corrected chi connectivity index (χ2v) is 4.07. The van der Waals surface area contributed by atoms with Crippen molar-refractivity contribution in [3.05, 3.63) is 17.2 Å². The Balaban J connectivity index is 2.92. The zero-order valence-corrected chi connectivity index (χ0v) is 11.0. The molecule has 108 valence electrons. The van der Waals surface area contributed by atoms with Crippen molar-refractivity contribution >= 4 is 17.6 Å². The maximum atomic E-state index is 12.2. The van der Waals surface area contributed by atoms with Gasteiger partial charge in [-0.15, -0.1) is 0 Å². The number of nitrogens with one attached hydrogen (secondary N) is 1. The Morgan fingerprint density at radius 2 is 2.26 bits per heavy atom. The lowest BCUT2D eigenvalue weighted by atomic mass is 10.2. The van der Waals surface area contributed by atoms with Crippen LogP contribution in [-0.4, -0.2) is 34.8 Å². The third kappa shape index (κ3) is 4.39. The summed E-state index contributed by atoms with van der Waals surface area (Å²) in [5, 5.41) is 2.28. The number of carbonyl (C=O) groups excluding carboxylic acids is 1. The van der Waals surface area contributed by atoms with Crippen molar-refractivity contribution in [1.29, 1.82) is 0 Å². The predicted octanol–water partition coefficient (Wildman–Crippen LogP) is 1.83. The van der Waals surface area contributed by atoms with Gasteiger partial charge in [0.1, 0.15) is 11.0 Å². The quantitative estimate of drug-likeness (QED) is 0.843. The first kappa shape index (κ1) is 15.8. The molecule has 0 bridgehead atoms. The average molecular weight is 300 g/mol. The van der Waals surface area contributed by atoms with Crippen LogP contribution in [0.25, 0.3) is 0 Å². The number of halogens is 4. The average Bonchev–Trinajstić information content (AvgIpc) is 2.60. The molecular formula is C10H13ClF3N3O2. The molecule has 0 spiro atoms. The Labute approximate surface area is 112 Å². The van der Waals surface area contributed by atoms with Gasteiger partial charge in [-0.3, -0.25) is 5.32 Å². The van der Waals surface area contributed by atoms with Gasteiger partial charge in [0.2, 0.25) is 0 Å². The first-order chi connectivity index (χ1) is 8.76. The molecule has 0 saturated carbocycles. The van der Waals surface area contributed by atoms with Crippen molar-refractivity contribution < 1.29 is 22.7 Å². The molecule has 1 unspecified atom stereocenters. The van der Waals surface area contributed by atoms with Crippen LogP contribution in [0, 0.1) is 0 Å². The van der Waals surface area contributed by atoms with Crippen molar-refractivity contribution in [2.24, 2.45) is 7.05 Å². The van der Waals surface area contributed by atoms with Crippen LogP contribution in [0.15, 0.2) is 6.20 Å². The molecule has 0 aromatic carbocycles. The number of aromatic nitrogens is 2. The summed E-state index contributed by atoms with van der Waals surface area (Å²) in [6, 6.07) is -1.32. The monoisotopic (exact) mass is 299 g/mol. The Bertz CT molecular complexity index is 448. The summed E-state index contributed by atoms with van der Waals surface area (Å²) in [6.07, 6.45) is -3.20. The van der Waals surface area contributed by atoms with Crippen molar-refractivity contribution in [2.45, 2.75) is 19.1 Å². The van der Waals surface area contributed by atoms with E-state index in [1.807, 2.05) is 0 Å². The van der Waals surface area contributed by atoms with Gasteiger partial charge in [0.15, 0.2) is 6.04 Å². The highest BCUT2D eigenvalue weighted by Crippen LogP contribution is 2.20. The van der Waals surface area contributed by atoms with Crippen LogP contribution in [0.3, 0.4) is 0 Å². The lowest BCUT2D eigenvalue weighted by molar-refractivity contribution is -0.149. The van der Waals surface area contributed by atoms with Crippen LogP contribution < -0.4 is 5.32 Å². The number of rotatable bonds is 5. The minimum Gasteiger partial charge on any atom is -0.464 e. The lowest BCUT2D eigenvalue weighted by Gasteiger charge is -2.18. The van der Waals surface area contributed by atoms with Crippen molar-refractivity contribution in [3.8, 4) is 0 Å². The normalized spacial score (nSPS) is 13.4. The fourth-order valence-corrected chi connectivity index (χ4v) is 1.53. The molecule has 1 atom stereocenters. The minimum absolute atomic E-state index is 0.0567. The summed E-state index contributed by atoms with van der Waals surface area (Å²) in [4.78, 5) is 15.5. The van der Waals surface area contributed by atoms with E-state index in [1.54, 1.807) is 6.92 Å². The molecule has 9 heteroatoms. The van der Waals surface area contributed by atoms with Gasteiger partial charge in [0.05, 0.1) is 19.3 Å². The third-order valence-electron chi connectivity index (χ3n) is 2.25. The highest BCUT2D eigenvalue weighted by atomic mass is 35.5. The largest absolute Gasteiger partial charge is 0.464 e. The van der Waals surface area contributed by atoms with E-state index in [0.29, 0.717) is 0 Å². The Hall–Kier alpha value is -1.28. The summed E-state index contributed by atoms with van der Waals surface area (Å²) < 4.78 is 42.7. The Morgan fingerprint density at radius 1 is 1.63 bits per heavy atom. The van der Waals surface area contributed by atoms with Gasteiger partial charge in [0, 0.05) is 7.05 Å². The predicted molar refractivity (Wildman–Crippen MR) is 61.6 cm³/mol. The number of alkyl halides is 3. The first-order valence-corrected chi connectivity index (χ1v) is 5.78. The van der Waals surface area contributed by atoms with Crippen LogP contribution in [-0.2, 0) is 16.6 Å². The number of imidazole rings is 1. The second-order valence-electron chi connectivity index (χ2n) is 3.68. The summed E-state index contributed by atoms with van der Waals surface area (Å²) in [5.74, 6) is -0.773. The number of nitrogens with zero attached hydrogens (tertiary/aromatic N) is 2. The SMILES string of the molecule is CCOC(=O)C(NCC(F)(F)F)c1ncc(Cl)n1C. The van der Waals surface area contributed by atoms with Crippen LogP contribution >= 0.6 is 11.6 Å². The van der Waals surface area contributed by atoms with Crippen molar-refractivity contribution in [2.75, 3.05) is 13.2 Å². The van der Waals surface area contributed by atoms with E-state index >= 15 is 0 Å². The zero-order valence-electron chi connectivity index (χ0n) is 10.3. The van der Waals surface area contributed by atoms with Gasteiger partial charge < -0.3 is 9.30 Å². The fraction of sp³-hybridized carbons (Fsp3) is 0.600. The number of ether oxygens (including phenoxy) is 1. The van der Waals surface area contributed by atoms with E-state index in [0.717, 1.165) is 0 Å². The highest BCUT2D eigenvalue weighted by Gasteiger charge is 2.33. The van der Waals surface area contributed by atoms with Gasteiger partial charge in [-0.25, -0.2) is 9.78 Å². The molecule has 0 aliphatic heterocycles. The van der Waals surface area contributed by atoms with Crippen LogP contribution in [0.4, 0.5) is 13.2 Å². The van der Waals surface area contributed by atoms with Gasteiger partial charge in [-0.1, -0.05) is 11.6 Å². The molecule has 1 aromatic heterocycles. The minimum atomic E-state index is -4.44. The van der Waals surface area contributed by atoms with Crippen LogP contribution in [0.2, 0.25) is 5.15 Å². The van der Waals surface area contributed by atoms with E-state index in [4.69, 9.17) is 16.3 Å². The van der Waals surface area contributed by atoms with Crippen LogP contribution in [0.5, 0.6) is 0 Å². The molecule has 0 radical (unpaired) electrons. The molecule has 1 aromatic rings. The smallest absolute Gasteiger partial charge is 0.401 e. The molecule has 0 aliphatic rings. The van der Waals surface area contributed by atoms with Gasteiger partial charge in [-0.2, -0.15) is 13.2 Å². The van der Waals surface area contributed by atoms with E-state index in [9.17, 15) is 18.0 Å². The fourth-order valence-electron chi connectivity index (χ4n) is 1.39. The molecule has 1 heterocycles. The summed E-state index contributed by atoms with van der Waals surface area (Å²) in [6.45, 7) is 0.284. The maximum absolute atomic E-state index is 12.2. The number of carbonyl (C=O) groups is 1. The van der Waals surface area contributed by atoms with Gasteiger partial charge >= 0.3 is 12.1 Å². The summed E-state index contributed by atoms with van der Waals surface area (Å²) in [5.41, 5.74) is 0. The molecule has 1 rings (SSSR count). The zero-order chi connectivity index (χ0) is 14.6. The van der Waals surface area contributed by atoms with E-state index < -0.39 is 24.7 Å². The molecule has 0 aliphatic carbocycles. The van der Waals surface area contributed by atoms with Gasteiger partial charge in [-0.05, 0) is 6.92 Å². The molecule has 0 saturated heterocycles. The maximum Gasteiger partial charge on any atom is 0.401 e. The van der Waals surface area contributed by atoms with Crippen molar-refractivity contribution in [1.82, 2.24) is 14.9 Å². The molecule has 19 heavy (non-hydrogen) atoms. The summed E-state index contributed by atoms with van der Waals surface area (Å²) in [7, 11) is 1.49. The molecule has 0 fully saturated rings. The number of esters is 1. The second kappa shape index (κ2) is 6.25. The molecule has 0 amide bonds. The van der Waals surface area contributed by atoms with Gasteiger partial charge in [0.25, 0.3) is 0 Å². The summed E-state index contributed by atoms with van der Waals surface area (Å²) >= 11 is 5.74. The number of hydrogen-bond donors (Lipinski definition) is 1. The van der Waals surface area contributed by atoms with E-state index in [-0.39, 0.29) is 17.6 Å². The van der Waals surface area contributed by atoms with E-state index in [2.05, 4.69) is 10.3 Å². The number of hydrogen-bond acceptors (Lipinski definition) is 4. The van der Waals surface area contributed by atoms with E-state index in [1.165, 1.54) is 17.8 Å². The Kier molecular flexibility index (Phi) is 5.19. The highest BCUT2D eigenvalue weighted by molar-refractivity contribution is 6.29. The van der Waals surface area contributed by atoms with Crippen LogP contribution in [0.1, 0.15) is 18.8 Å².